The van der Waals surface area contributed by atoms with E-state index in [1.54, 1.807) is 29.5 Å². The molecule has 2 heterocycles. The Morgan fingerprint density at radius 3 is 2.69 bits per heavy atom. The third-order valence-electron chi connectivity index (χ3n) is 5.60. The van der Waals surface area contributed by atoms with Crippen LogP contribution >= 0.6 is 22.9 Å². The Kier molecular flexibility index (Phi) is 7.09. The van der Waals surface area contributed by atoms with Crippen LogP contribution in [0.3, 0.4) is 0 Å². The Labute approximate surface area is 196 Å². The highest BCUT2D eigenvalue weighted by Gasteiger charge is 2.26. The van der Waals surface area contributed by atoms with E-state index in [1.165, 1.54) is 18.2 Å². The van der Waals surface area contributed by atoms with Crippen LogP contribution in [0, 0.1) is 0 Å². The van der Waals surface area contributed by atoms with Gasteiger partial charge in [0.1, 0.15) is 5.75 Å². The first-order valence-corrected chi connectivity index (χ1v) is 11.6. The predicted molar refractivity (Wildman–Crippen MR) is 127 cm³/mol. The zero-order valence-corrected chi connectivity index (χ0v) is 19.2. The van der Waals surface area contributed by atoms with Gasteiger partial charge in [-0.2, -0.15) is 11.3 Å². The number of hydrogen-bond acceptors (Lipinski definition) is 5. The quantitative estimate of drug-likeness (QED) is 0.529. The van der Waals surface area contributed by atoms with Crippen LogP contribution < -0.4 is 15.4 Å². The minimum absolute atomic E-state index is 0.0122. The summed E-state index contributed by atoms with van der Waals surface area (Å²) in [4.78, 5) is 27.3. The summed E-state index contributed by atoms with van der Waals surface area (Å²) in [6.45, 7) is 2.04. The Morgan fingerprint density at radius 1 is 1.16 bits per heavy atom. The maximum atomic E-state index is 12.5. The fourth-order valence-electron chi connectivity index (χ4n) is 3.91. The molecule has 166 valence electrons. The number of carbonyl (C=O) groups is 2. The van der Waals surface area contributed by atoms with Crippen molar-refractivity contribution in [3.63, 3.8) is 0 Å². The lowest BCUT2D eigenvalue weighted by molar-refractivity contribution is -0.136. The fraction of sp³-hybridized carbons (Fsp3) is 0.250. The van der Waals surface area contributed by atoms with Crippen LogP contribution in [0.2, 0.25) is 5.02 Å². The summed E-state index contributed by atoms with van der Waals surface area (Å²) in [5.41, 5.74) is 4.24. The lowest BCUT2D eigenvalue weighted by Crippen LogP contribution is -2.43. The monoisotopic (exact) mass is 469 g/mol. The molecular weight excluding hydrogens is 446 g/mol. The van der Waals surface area contributed by atoms with Crippen molar-refractivity contribution in [2.45, 2.75) is 19.0 Å². The molecule has 0 aliphatic carbocycles. The lowest BCUT2D eigenvalue weighted by atomic mass is 9.97. The standard InChI is InChI=1S/C24H24ClN3O3S/c1-31-22-7-6-19(12-20(22)25)27-24(30)23(29)26-13-21(18-9-11-32-15-18)28-10-8-16-4-2-3-5-17(16)14-28/h2-7,9,11-12,15,21H,8,10,13-14H2,1H3,(H,26,29)(H,27,30). The van der Waals surface area contributed by atoms with Crippen LogP contribution in [0.25, 0.3) is 0 Å². The van der Waals surface area contributed by atoms with Crippen LogP contribution in [-0.2, 0) is 22.6 Å². The largest absolute Gasteiger partial charge is 0.495 e. The minimum Gasteiger partial charge on any atom is -0.495 e. The molecule has 1 aliphatic rings. The number of ether oxygens (including phenoxy) is 1. The molecule has 32 heavy (non-hydrogen) atoms. The summed E-state index contributed by atoms with van der Waals surface area (Å²) in [7, 11) is 1.51. The van der Waals surface area contributed by atoms with Gasteiger partial charge in [-0.15, -0.1) is 0 Å². The highest BCUT2D eigenvalue weighted by molar-refractivity contribution is 7.08. The van der Waals surface area contributed by atoms with Crippen molar-refractivity contribution in [2.75, 3.05) is 25.5 Å². The molecule has 0 saturated carbocycles. The number of carbonyl (C=O) groups excluding carboxylic acids is 2. The van der Waals surface area contributed by atoms with E-state index >= 15 is 0 Å². The highest BCUT2D eigenvalue weighted by atomic mass is 35.5. The molecule has 4 rings (SSSR count). The number of nitrogens with zero attached hydrogens (tertiary/aromatic N) is 1. The van der Waals surface area contributed by atoms with Gasteiger partial charge < -0.3 is 15.4 Å². The number of fused-ring (bicyclic) bond motifs is 1. The number of thiophene rings is 1. The van der Waals surface area contributed by atoms with Crippen LogP contribution in [0.4, 0.5) is 5.69 Å². The molecule has 3 aromatic rings. The van der Waals surface area contributed by atoms with Gasteiger partial charge in [0.25, 0.3) is 0 Å². The van der Waals surface area contributed by atoms with Gasteiger partial charge in [0.15, 0.2) is 0 Å². The van der Waals surface area contributed by atoms with E-state index in [9.17, 15) is 9.59 Å². The van der Waals surface area contributed by atoms with Gasteiger partial charge in [-0.3, -0.25) is 14.5 Å². The van der Waals surface area contributed by atoms with Gasteiger partial charge in [0.05, 0.1) is 18.2 Å². The van der Waals surface area contributed by atoms with Gasteiger partial charge in [0.2, 0.25) is 0 Å². The van der Waals surface area contributed by atoms with Crippen molar-refractivity contribution in [1.82, 2.24) is 10.2 Å². The average Bonchev–Trinajstić information content (AvgIpc) is 3.33. The van der Waals surface area contributed by atoms with Gasteiger partial charge in [-0.25, -0.2) is 0 Å². The zero-order chi connectivity index (χ0) is 22.5. The molecule has 0 radical (unpaired) electrons. The molecule has 2 amide bonds. The molecule has 8 heteroatoms. The second-order valence-electron chi connectivity index (χ2n) is 7.58. The first-order chi connectivity index (χ1) is 15.5. The lowest BCUT2D eigenvalue weighted by Gasteiger charge is -2.35. The molecule has 1 atom stereocenters. The van der Waals surface area contributed by atoms with Crippen LogP contribution in [0.5, 0.6) is 5.75 Å². The summed E-state index contributed by atoms with van der Waals surface area (Å²) in [5, 5.41) is 9.87. The van der Waals surface area contributed by atoms with Crippen LogP contribution in [-0.4, -0.2) is 36.9 Å². The maximum absolute atomic E-state index is 12.5. The smallest absolute Gasteiger partial charge is 0.313 e. The van der Waals surface area contributed by atoms with E-state index in [4.69, 9.17) is 16.3 Å². The van der Waals surface area contributed by atoms with Crippen molar-refractivity contribution in [3.8, 4) is 5.75 Å². The minimum atomic E-state index is -0.737. The predicted octanol–water partition coefficient (Wildman–Crippen LogP) is 4.26. The third kappa shape index (κ3) is 5.12. The average molecular weight is 470 g/mol. The van der Waals surface area contributed by atoms with Crippen molar-refractivity contribution < 1.29 is 14.3 Å². The second kappa shape index (κ2) is 10.2. The number of halogens is 1. The molecule has 2 aromatic carbocycles. The topological polar surface area (TPSA) is 70.7 Å². The van der Waals surface area contributed by atoms with Gasteiger partial charge in [-0.05, 0) is 58.1 Å². The molecule has 1 aliphatic heterocycles. The highest BCUT2D eigenvalue weighted by Crippen LogP contribution is 2.29. The Balaban J connectivity index is 1.40. The fourth-order valence-corrected chi connectivity index (χ4v) is 4.87. The first-order valence-electron chi connectivity index (χ1n) is 10.3. The number of hydrogen-bond donors (Lipinski definition) is 2. The summed E-state index contributed by atoms with van der Waals surface area (Å²) in [5.74, 6) is -0.926. The molecule has 1 unspecified atom stereocenters. The SMILES string of the molecule is COc1ccc(NC(=O)C(=O)NCC(c2ccsc2)N2CCc3ccccc3C2)cc1Cl. The van der Waals surface area contributed by atoms with E-state index in [0.717, 1.165) is 25.1 Å². The number of anilines is 1. The molecule has 0 saturated heterocycles. The molecular formula is C24H24ClN3O3S. The molecule has 0 bridgehead atoms. The van der Waals surface area contributed by atoms with Gasteiger partial charge >= 0.3 is 11.8 Å². The molecule has 2 N–H and O–H groups in total. The Morgan fingerprint density at radius 2 is 1.97 bits per heavy atom. The van der Waals surface area contributed by atoms with Gasteiger partial charge in [0, 0.05) is 25.3 Å². The number of rotatable bonds is 6. The van der Waals surface area contributed by atoms with E-state index in [-0.39, 0.29) is 6.04 Å². The van der Waals surface area contributed by atoms with E-state index in [2.05, 4.69) is 51.2 Å². The molecule has 6 nitrogen and oxygen atoms in total. The van der Waals surface area contributed by atoms with E-state index in [1.807, 2.05) is 5.38 Å². The number of nitrogens with one attached hydrogen (secondary N) is 2. The third-order valence-corrected chi connectivity index (χ3v) is 6.60. The van der Waals surface area contributed by atoms with Crippen LogP contribution in [0.15, 0.2) is 59.3 Å². The van der Waals surface area contributed by atoms with Crippen LogP contribution in [0.1, 0.15) is 22.7 Å². The second-order valence-corrected chi connectivity index (χ2v) is 8.76. The molecule has 0 spiro atoms. The summed E-state index contributed by atoms with van der Waals surface area (Å²) >= 11 is 7.72. The van der Waals surface area contributed by atoms with Crippen molar-refractivity contribution in [2.24, 2.45) is 0 Å². The number of amides is 2. The summed E-state index contributed by atoms with van der Waals surface area (Å²) < 4.78 is 5.10. The maximum Gasteiger partial charge on any atom is 0.313 e. The number of methoxy groups -OCH3 is 1. The van der Waals surface area contributed by atoms with Crippen molar-refractivity contribution >= 4 is 40.4 Å². The number of benzene rings is 2. The summed E-state index contributed by atoms with van der Waals surface area (Å²) in [6.07, 6.45) is 0.962. The summed E-state index contributed by atoms with van der Waals surface area (Å²) in [6, 6.07) is 15.3. The molecule has 0 fully saturated rings. The normalized spacial score (nSPS) is 14.3. The van der Waals surface area contributed by atoms with E-state index in [0.29, 0.717) is 23.0 Å². The molecule has 1 aromatic heterocycles. The Bertz CT molecular complexity index is 1100. The van der Waals surface area contributed by atoms with Gasteiger partial charge in [-0.1, -0.05) is 35.9 Å². The van der Waals surface area contributed by atoms with Crippen molar-refractivity contribution in [1.29, 1.82) is 0 Å². The first kappa shape index (κ1) is 22.3. The van der Waals surface area contributed by atoms with Crippen molar-refractivity contribution in [3.05, 3.63) is 81.0 Å². The zero-order valence-electron chi connectivity index (χ0n) is 17.6. The van der Waals surface area contributed by atoms with E-state index < -0.39 is 11.8 Å². The Hall–Kier alpha value is -2.87.